The van der Waals surface area contributed by atoms with E-state index < -0.39 is 11.7 Å². The van der Waals surface area contributed by atoms with Crippen molar-refractivity contribution >= 4 is 46.0 Å². The van der Waals surface area contributed by atoms with Crippen LogP contribution in [0.3, 0.4) is 0 Å². The van der Waals surface area contributed by atoms with Crippen molar-refractivity contribution in [2.45, 2.75) is 32.7 Å². The molecule has 1 aliphatic carbocycles. The summed E-state index contributed by atoms with van der Waals surface area (Å²) in [6, 6.07) is 11.7. The van der Waals surface area contributed by atoms with Crippen LogP contribution in [-0.4, -0.2) is 34.3 Å². The highest BCUT2D eigenvalue weighted by atomic mass is 35.5. The smallest absolute Gasteiger partial charge is 0.255 e. The standard InChI is InChI=1S/C25H23ClFN3O2/c1-14(2)30(13-22(28)31)25(32)23-16-6-3-4-9-21(16)29-24-15(10-11-17(23)24)12-18-19(26)7-5-8-20(18)27/h3-9,12,14H,10-11,13H2,1-2H3,(H2,28,31)/b15-12-. The van der Waals surface area contributed by atoms with Gasteiger partial charge in [0.05, 0.1) is 28.3 Å². The summed E-state index contributed by atoms with van der Waals surface area (Å²) >= 11 is 6.23. The molecule has 5 nitrogen and oxygen atoms in total. The number of aromatic nitrogens is 1. The minimum Gasteiger partial charge on any atom is -0.368 e. The number of rotatable bonds is 5. The molecule has 0 saturated carbocycles. The van der Waals surface area contributed by atoms with E-state index in [4.69, 9.17) is 22.3 Å². The lowest BCUT2D eigenvalue weighted by atomic mass is 9.99. The van der Waals surface area contributed by atoms with Crippen LogP contribution in [-0.2, 0) is 11.2 Å². The normalized spacial score (nSPS) is 14.2. The van der Waals surface area contributed by atoms with Gasteiger partial charge in [-0.2, -0.15) is 0 Å². The lowest BCUT2D eigenvalue weighted by Crippen LogP contribution is -2.43. The van der Waals surface area contributed by atoms with Gasteiger partial charge in [0.25, 0.3) is 5.91 Å². The molecule has 32 heavy (non-hydrogen) atoms. The molecular formula is C25H23ClFN3O2. The second-order valence-corrected chi connectivity index (χ2v) is 8.54. The van der Waals surface area contributed by atoms with Gasteiger partial charge in [-0.15, -0.1) is 0 Å². The molecule has 164 valence electrons. The molecule has 2 N–H and O–H groups in total. The van der Waals surface area contributed by atoms with Gasteiger partial charge < -0.3 is 10.6 Å². The molecule has 0 aliphatic heterocycles. The molecule has 1 aromatic heterocycles. The number of fused-ring (bicyclic) bond motifs is 2. The van der Waals surface area contributed by atoms with Crippen LogP contribution in [0.5, 0.6) is 0 Å². The fourth-order valence-corrected chi connectivity index (χ4v) is 4.36. The Hall–Kier alpha value is -3.25. The van der Waals surface area contributed by atoms with Crippen molar-refractivity contribution in [2.24, 2.45) is 5.73 Å². The zero-order valence-corrected chi connectivity index (χ0v) is 18.6. The van der Waals surface area contributed by atoms with Gasteiger partial charge in [-0.25, -0.2) is 9.37 Å². The Morgan fingerprint density at radius 2 is 1.94 bits per heavy atom. The van der Waals surface area contributed by atoms with Gasteiger partial charge in [0.15, 0.2) is 0 Å². The van der Waals surface area contributed by atoms with Crippen LogP contribution in [0, 0.1) is 5.82 Å². The van der Waals surface area contributed by atoms with Crippen LogP contribution < -0.4 is 5.73 Å². The maximum absolute atomic E-state index is 14.4. The molecule has 0 spiro atoms. The maximum atomic E-state index is 14.4. The Balaban J connectivity index is 1.92. The highest BCUT2D eigenvalue weighted by Gasteiger charge is 2.30. The van der Waals surface area contributed by atoms with Crippen LogP contribution in [0.15, 0.2) is 42.5 Å². The molecule has 3 aromatic rings. The number of hydrogen-bond donors (Lipinski definition) is 1. The molecule has 7 heteroatoms. The second kappa shape index (κ2) is 8.71. The van der Waals surface area contributed by atoms with Gasteiger partial charge in [0, 0.05) is 17.0 Å². The number of allylic oxidation sites excluding steroid dienone is 1. The van der Waals surface area contributed by atoms with E-state index in [0.29, 0.717) is 40.2 Å². The molecule has 2 aromatic carbocycles. The average molecular weight is 452 g/mol. The summed E-state index contributed by atoms with van der Waals surface area (Å²) in [5.41, 5.74) is 9.16. The van der Waals surface area contributed by atoms with Gasteiger partial charge in [-0.3, -0.25) is 9.59 Å². The fourth-order valence-electron chi connectivity index (χ4n) is 4.15. The summed E-state index contributed by atoms with van der Waals surface area (Å²) in [5, 5.41) is 1.03. The number of amides is 2. The topological polar surface area (TPSA) is 76.3 Å². The number of nitrogens with two attached hydrogens (primary N) is 1. The van der Waals surface area contributed by atoms with Crippen molar-refractivity contribution in [1.29, 1.82) is 0 Å². The van der Waals surface area contributed by atoms with Crippen molar-refractivity contribution in [2.75, 3.05) is 6.54 Å². The van der Waals surface area contributed by atoms with Crippen molar-refractivity contribution in [3.63, 3.8) is 0 Å². The van der Waals surface area contributed by atoms with Crippen molar-refractivity contribution in [3.05, 3.63) is 75.7 Å². The van der Waals surface area contributed by atoms with E-state index in [-0.39, 0.29) is 18.5 Å². The summed E-state index contributed by atoms with van der Waals surface area (Å²) in [5.74, 6) is -1.25. The Kier molecular flexibility index (Phi) is 5.98. The molecule has 4 rings (SSSR count). The zero-order valence-electron chi connectivity index (χ0n) is 17.9. The molecule has 0 atom stereocenters. The molecule has 2 amide bonds. The predicted octanol–water partition coefficient (Wildman–Crippen LogP) is 4.85. The number of nitrogens with zero attached hydrogens (tertiary/aromatic N) is 2. The van der Waals surface area contributed by atoms with Crippen molar-refractivity contribution in [1.82, 2.24) is 9.88 Å². The molecule has 0 fully saturated rings. The van der Waals surface area contributed by atoms with Gasteiger partial charge in [-0.05, 0) is 62.1 Å². The van der Waals surface area contributed by atoms with E-state index in [1.807, 2.05) is 38.1 Å². The summed E-state index contributed by atoms with van der Waals surface area (Å²) in [6.07, 6.45) is 2.89. The lowest BCUT2D eigenvalue weighted by Gasteiger charge is -2.27. The van der Waals surface area contributed by atoms with Gasteiger partial charge in [0.2, 0.25) is 5.91 Å². The SMILES string of the molecule is CC(C)N(CC(N)=O)C(=O)c1c2c(nc3ccccc13)/C(=C\c1c(F)cccc1Cl)CC2. The molecule has 1 heterocycles. The third-order valence-electron chi connectivity index (χ3n) is 5.68. The van der Waals surface area contributed by atoms with Crippen LogP contribution in [0.25, 0.3) is 22.6 Å². The van der Waals surface area contributed by atoms with Crippen LogP contribution in [0.2, 0.25) is 5.02 Å². The van der Waals surface area contributed by atoms with Gasteiger partial charge in [0.1, 0.15) is 5.82 Å². The van der Waals surface area contributed by atoms with Crippen molar-refractivity contribution in [3.8, 4) is 0 Å². The molecule has 0 saturated heterocycles. The minimum absolute atomic E-state index is 0.171. The van der Waals surface area contributed by atoms with E-state index in [2.05, 4.69) is 0 Å². The predicted molar refractivity (Wildman–Crippen MR) is 125 cm³/mol. The van der Waals surface area contributed by atoms with E-state index >= 15 is 0 Å². The maximum Gasteiger partial charge on any atom is 0.255 e. The first-order valence-corrected chi connectivity index (χ1v) is 10.8. The minimum atomic E-state index is -0.572. The lowest BCUT2D eigenvalue weighted by molar-refractivity contribution is -0.119. The molecule has 1 aliphatic rings. The van der Waals surface area contributed by atoms with Gasteiger partial charge in [-0.1, -0.05) is 35.9 Å². The Labute approximate surface area is 190 Å². The highest BCUT2D eigenvalue weighted by Crippen LogP contribution is 2.39. The third-order valence-corrected chi connectivity index (χ3v) is 6.01. The van der Waals surface area contributed by atoms with E-state index in [1.165, 1.54) is 11.0 Å². The monoisotopic (exact) mass is 451 g/mol. The largest absolute Gasteiger partial charge is 0.368 e. The number of pyridine rings is 1. The van der Waals surface area contributed by atoms with E-state index in [9.17, 15) is 14.0 Å². The molecule has 0 bridgehead atoms. The quantitative estimate of drug-likeness (QED) is 0.602. The number of para-hydroxylation sites is 1. The number of benzene rings is 2. The fraction of sp³-hybridized carbons (Fsp3) is 0.240. The van der Waals surface area contributed by atoms with Crippen LogP contribution in [0.1, 0.15) is 47.4 Å². The zero-order chi connectivity index (χ0) is 23.0. The summed E-state index contributed by atoms with van der Waals surface area (Å²) in [4.78, 5) is 31.6. The molecular weight excluding hydrogens is 429 g/mol. The second-order valence-electron chi connectivity index (χ2n) is 8.13. The van der Waals surface area contributed by atoms with Crippen LogP contribution >= 0.6 is 11.6 Å². The summed E-state index contributed by atoms with van der Waals surface area (Å²) in [7, 11) is 0. The number of primary amides is 1. The number of halogens is 2. The first-order valence-electron chi connectivity index (χ1n) is 10.4. The first-order chi connectivity index (χ1) is 15.3. The Bertz CT molecular complexity index is 1250. The number of hydrogen-bond acceptors (Lipinski definition) is 3. The van der Waals surface area contributed by atoms with E-state index in [0.717, 1.165) is 16.5 Å². The summed E-state index contributed by atoms with van der Waals surface area (Å²) < 4.78 is 14.4. The average Bonchev–Trinajstić information content (AvgIpc) is 3.14. The number of carbonyl (C=O) groups excluding carboxylic acids is 2. The first kappa shape index (κ1) is 22.0. The van der Waals surface area contributed by atoms with Crippen molar-refractivity contribution < 1.29 is 14.0 Å². The summed E-state index contributed by atoms with van der Waals surface area (Å²) in [6.45, 7) is 3.52. The Morgan fingerprint density at radius 1 is 1.19 bits per heavy atom. The molecule has 0 radical (unpaired) electrons. The Morgan fingerprint density at radius 3 is 2.62 bits per heavy atom. The van der Waals surface area contributed by atoms with E-state index in [1.54, 1.807) is 18.2 Å². The third kappa shape index (κ3) is 3.98. The van der Waals surface area contributed by atoms with Crippen LogP contribution in [0.4, 0.5) is 4.39 Å². The van der Waals surface area contributed by atoms with Gasteiger partial charge >= 0.3 is 0 Å². The number of carbonyl (C=O) groups is 2. The molecule has 0 unspecified atom stereocenters. The highest BCUT2D eigenvalue weighted by molar-refractivity contribution is 6.32.